The van der Waals surface area contributed by atoms with E-state index in [0.717, 1.165) is 0 Å². The van der Waals surface area contributed by atoms with E-state index in [4.69, 9.17) is 11.6 Å². The maximum Gasteiger partial charge on any atom is 0.253 e. The second-order valence-corrected chi connectivity index (χ2v) is 7.55. The monoisotopic (exact) mass is 376 g/mol. The third-order valence-corrected chi connectivity index (χ3v) is 4.04. The van der Waals surface area contributed by atoms with Crippen LogP contribution in [0.2, 0.25) is 5.02 Å². The molecule has 0 aromatic heterocycles. The molecule has 138 valence electrons. The minimum absolute atomic E-state index is 0.0522. The predicted octanol–water partition coefficient (Wildman–Crippen LogP) is 4.28. The molecule has 2 aromatic carbocycles. The average Bonchev–Trinajstić information content (AvgIpc) is 2.56. The number of rotatable bonds is 4. The maximum atomic E-state index is 13.9. The zero-order chi connectivity index (χ0) is 19.5. The summed E-state index contributed by atoms with van der Waals surface area (Å²) in [6, 6.07) is 10.8. The fourth-order valence-electron chi connectivity index (χ4n) is 2.39. The summed E-state index contributed by atoms with van der Waals surface area (Å²) in [5.74, 6) is -0.943. The van der Waals surface area contributed by atoms with Crippen LogP contribution in [0.5, 0.6) is 0 Å². The topological polar surface area (TPSA) is 49.4 Å². The number of hydrogen-bond donors (Lipinski definition) is 1. The molecule has 1 N–H and O–H groups in total. The van der Waals surface area contributed by atoms with Crippen LogP contribution in [0.4, 0.5) is 4.39 Å². The van der Waals surface area contributed by atoms with Gasteiger partial charge in [0.2, 0.25) is 0 Å². The van der Waals surface area contributed by atoms with Crippen LogP contribution in [0.3, 0.4) is 0 Å². The molecular weight excluding hydrogens is 355 g/mol. The molecule has 0 aliphatic heterocycles. The minimum atomic E-state index is -0.452. The molecule has 6 heteroatoms. The van der Waals surface area contributed by atoms with E-state index in [2.05, 4.69) is 5.32 Å². The summed E-state index contributed by atoms with van der Waals surface area (Å²) in [6.45, 7) is 5.74. The van der Waals surface area contributed by atoms with Gasteiger partial charge in [0.15, 0.2) is 0 Å². The van der Waals surface area contributed by atoms with Crippen molar-refractivity contribution in [3.05, 3.63) is 70.0 Å². The van der Waals surface area contributed by atoms with E-state index in [-0.39, 0.29) is 34.5 Å². The quantitative estimate of drug-likeness (QED) is 0.865. The lowest BCUT2D eigenvalue weighted by Gasteiger charge is -2.21. The highest BCUT2D eigenvalue weighted by molar-refractivity contribution is 6.31. The Kier molecular flexibility index (Phi) is 6.03. The van der Waals surface area contributed by atoms with Crippen molar-refractivity contribution in [1.29, 1.82) is 0 Å². The van der Waals surface area contributed by atoms with E-state index in [9.17, 15) is 14.0 Å². The fourth-order valence-corrected chi connectivity index (χ4v) is 2.61. The first-order chi connectivity index (χ1) is 12.1. The molecule has 0 atom stereocenters. The first-order valence-electron chi connectivity index (χ1n) is 8.19. The molecule has 0 saturated heterocycles. The highest BCUT2D eigenvalue weighted by Crippen LogP contribution is 2.21. The van der Waals surface area contributed by atoms with Crippen LogP contribution in [0, 0.1) is 5.82 Å². The van der Waals surface area contributed by atoms with Crippen molar-refractivity contribution in [2.75, 3.05) is 7.05 Å². The molecule has 26 heavy (non-hydrogen) atoms. The molecule has 0 fully saturated rings. The molecule has 0 aliphatic carbocycles. The Hall–Kier alpha value is -2.40. The van der Waals surface area contributed by atoms with Gasteiger partial charge in [-0.3, -0.25) is 9.59 Å². The highest BCUT2D eigenvalue weighted by Gasteiger charge is 2.18. The summed E-state index contributed by atoms with van der Waals surface area (Å²) in [6.07, 6.45) is 0. The van der Waals surface area contributed by atoms with E-state index in [0.29, 0.717) is 11.1 Å². The van der Waals surface area contributed by atoms with Crippen LogP contribution >= 0.6 is 11.6 Å². The van der Waals surface area contributed by atoms with E-state index < -0.39 is 5.82 Å². The molecular formula is C20H22ClFN2O2. The predicted molar refractivity (Wildman–Crippen MR) is 101 cm³/mol. The van der Waals surface area contributed by atoms with E-state index >= 15 is 0 Å². The van der Waals surface area contributed by atoms with Gasteiger partial charge in [-0.2, -0.15) is 0 Å². The molecule has 4 nitrogen and oxygen atoms in total. The molecule has 2 aromatic rings. The van der Waals surface area contributed by atoms with Gasteiger partial charge >= 0.3 is 0 Å². The van der Waals surface area contributed by atoms with Crippen LogP contribution in [-0.2, 0) is 6.54 Å². The minimum Gasteiger partial charge on any atom is -0.347 e. The standard InChI is InChI=1S/C20H22ClFN2O2/c1-20(2,3)23-18(25)13-8-10-14(11-9-13)19(26)24(4)12-15-16(21)6-5-7-17(15)22/h5-11H,12H2,1-4H3,(H,23,25). The van der Waals surface area contributed by atoms with Gasteiger partial charge in [-0.1, -0.05) is 17.7 Å². The van der Waals surface area contributed by atoms with Crippen LogP contribution in [0.1, 0.15) is 47.1 Å². The van der Waals surface area contributed by atoms with Crippen molar-refractivity contribution < 1.29 is 14.0 Å². The summed E-state index contributed by atoms with van der Waals surface area (Å²) in [7, 11) is 1.57. The maximum absolute atomic E-state index is 13.9. The number of nitrogens with one attached hydrogen (secondary N) is 1. The van der Waals surface area contributed by atoms with Crippen LogP contribution in [0.25, 0.3) is 0 Å². The Morgan fingerprint density at radius 1 is 1.08 bits per heavy atom. The average molecular weight is 377 g/mol. The number of amides is 2. The van der Waals surface area contributed by atoms with Gasteiger partial charge in [-0.15, -0.1) is 0 Å². The van der Waals surface area contributed by atoms with Crippen molar-refractivity contribution in [3.63, 3.8) is 0 Å². The molecule has 0 aliphatic rings. The third kappa shape index (κ3) is 5.05. The van der Waals surface area contributed by atoms with Crippen molar-refractivity contribution in [2.24, 2.45) is 0 Å². The lowest BCUT2D eigenvalue weighted by atomic mass is 10.1. The van der Waals surface area contributed by atoms with Gasteiger partial charge in [0, 0.05) is 40.8 Å². The van der Waals surface area contributed by atoms with Crippen LogP contribution in [-0.4, -0.2) is 29.3 Å². The van der Waals surface area contributed by atoms with Crippen LogP contribution in [0.15, 0.2) is 42.5 Å². The Morgan fingerprint density at radius 3 is 2.19 bits per heavy atom. The molecule has 0 saturated carbocycles. The number of carbonyl (C=O) groups is 2. The number of benzene rings is 2. The molecule has 0 radical (unpaired) electrons. The third-order valence-electron chi connectivity index (χ3n) is 3.69. The van der Waals surface area contributed by atoms with E-state index in [1.165, 1.54) is 17.0 Å². The highest BCUT2D eigenvalue weighted by atomic mass is 35.5. The zero-order valence-corrected chi connectivity index (χ0v) is 16.0. The Morgan fingerprint density at radius 2 is 1.65 bits per heavy atom. The summed E-state index contributed by atoms with van der Waals surface area (Å²) < 4.78 is 13.9. The Bertz CT molecular complexity index is 793. The van der Waals surface area contributed by atoms with Gasteiger partial charge in [0.1, 0.15) is 5.82 Å². The van der Waals surface area contributed by atoms with E-state index in [1.54, 1.807) is 37.4 Å². The normalized spacial score (nSPS) is 11.2. The van der Waals surface area contributed by atoms with Crippen LogP contribution < -0.4 is 5.32 Å². The Balaban J connectivity index is 2.11. The number of hydrogen-bond acceptors (Lipinski definition) is 2. The zero-order valence-electron chi connectivity index (χ0n) is 15.3. The number of halogens is 2. The summed E-state index contributed by atoms with van der Waals surface area (Å²) >= 11 is 6.01. The number of carbonyl (C=O) groups excluding carboxylic acids is 2. The summed E-state index contributed by atoms with van der Waals surface area (Å²) in [4.78, 5) is 26.1. The lowest BCUT2D eigenvalue weighted by molar-refractivity contribution is 0.0783. The van der Waals surface area contributed by atoms with Gasteiger partial charge in [-0.25, -0.2) is 4.39 Å². The van der Waals surface area contributed by atoms with E-state index in [1.807, 2.05) is 20.8 Å². The van der Waals surface area contributed by atoms with Gasteiger partial charge in [0.05, 0.1) is 0 Å². The molecule has 0 spiro atoms. The lowest BCUT2D eigenvalue weighted by Crippen LogP contribution is -2.40. The van der Waals surface area contributed by atoms with Crippen molar-refractivity contribution in [3.8, 4) is 0 Å². The summed E-state index contributed by atoms with van der Waals surface area (Å²) in [5.41, 5.74) is 0.805. The van der Waals surface area contributed by atoms with Crippen molar-refractivity contribution in [2.45, 2.75) is 32.9 Å². The SMILES string of the molecule is CN(Cc1c(F)cccc1Cl)C(=O)c1ccc(C(=O)NC(C)(C)C)cc1. The van der Waals surface area contributed by atoms with Crippen molar-refractivity contribution in [1.82, 2.24) is 10.2 Å². The molecule has 0 heterocycles. The molecule has 0 bridgehead atoms. The first kappa shape index (κ1) is 19.9. The smallest absolute Gasteiger partial charge is 0.253 e. The molecule has 2 amide bonds. The summed E-state index contributed by atoms with van der Waals surface area (Å²) in [5, 5.41) is 3.14. The molecule has 2 rings (SSSR count). The largest absolute Gasteiger partial charge is 0.347 e. The number of nitrogens with zero attached hydrogens (tertiary/aromatic N) is 1. The van der Waals surface area contributed by atoms with Gasteiger partial charge < -0.3 is 10.2 Å². The van der Waals surface area contributed by atoms with Crippen molar-refractivity contribution >= 4 is 23.4 Å². The Labute approximate surface area is 158 Å². The second kappa shape index (κ2) is 7.87. The first-order valence-corrected chi connectivity index (χ1v) is 8.57. The van der Waals surface area contributed by atoms with Gasteiger partial charge in [-0.05, 0) is 57.2 Å². The second-order valence-electron chi connectivity index (χ2n) is 7.14. The fraction of sp³-hybridized carbons (Fsp3) is 0.300. The molecule has 0 unspecified atom stereocenters. The van der Waals surface area contributed by atoms with Gasteiger partial charge in [0.25, 0.3) is 11.8 Å².